The zero-order valence-electron chi connectivity index (χ0n) is 11.2. The predicted octanol–water partition coefficient (Wildman–Crippen LogP) is 1.20. The van der Waals surface area contributed by atoms with E-state index in [1.165, 1.54) is 0 Å². The molecule has 2 rings (SSSR count). The van der Waals surface area contributed by atoms with Crippen LogP contribution in [0, 0.1) is 0 Å². The van der Waals surface area contributed by atoms with Gasteiger partial charge in [0.05, 0.1) is 12.6 Å². The van der Waals surface area contributed by atoms with Crippen molar-refractivity contribution in [3.05, 3.63) is 47.8 Å². The molecule has 1 amide bonds. The van der Waals surface area contributed by atoms with E-state index < -0.39 is 0 Å². The number of hydrogen-bond acceptors (Lipinski definition) is 3. The summed E-state index contributed by atoms with van der Waals surface area (Å²) in [5.74, 6) is 0.0643. The van der Waals surface area contributed by atoms with Crippen molar-refractivity contribution < 1.29 is 4.79 Å². The summed E-state index contributed by atoms with van der Waals surface area (Å²) in [5, 5.41) is 4.09. The van der Waals surface area contributed by atoms with E-state index in [4.69, 9.17) is 5.73 Å². The summed E-state index contributed by atoms with van der Waals surface area (Å²) in [6, 6.07) is 7.41. The second kappa shape index (κ2) is 5.56. The van der Waals surface area contributed by atoms with Crippen LogP contribution in [0.1, 0.15) is 11.1 Å². The van der Waals surface area contributed by atoms with E-state index in [1.807, 2.05) is 37.5 Å². The van der Waals surface area contributed by atoms with E-state index in [0.29, 0.717) is 18.7 Å². The standard InChI is InChI=1S/C14H18N4O/c1-17(9-12-8-16-18(2)10-12)14(19)7-11-4-3-5-13(15)6-11/h3-6,8,10H,7,9,15H2,1-2H3. The molecule has 0 radical (unpaired) electrons. The summed E-state index contributed by atoms with van der Waals surface area (Å²) in [6.07, 6.45) is 4.04. The Bertz CT molecular complexity index is 576. The molecule has 0 atom stereocenters. The Morgan fingerprint density at radius 1 is 1.42 bits per heavy atom. The molecule has 1 aromatic heterocycles. The van der Waals surface area contributed by atoms with Crippen LogP contribution in [0.15, 0.2) is 36.7 Å². The largest absolute Gasteiger partial charge is 0.399 e. The first kappa shape index (κ1) is 13.1. The van der Waals surface area contributed by atoms with Crippen molar-refractivity contribution in [3.8, 4) is 0 Å². The van der Waals surface area contributed by atoms with Crippen molar-refractivity contribution in [3.63, 3.8) is 0 Å². The third-order valence-corrected chi connectivity index (χ3v) is 2.91. The maximum atomic E-state index is 12.1. The minimum atomic E-state index is 0.0643. The Hall–Kier alpha value is -2.30. The number of nitrogens with two attached hydrogens (primary N) is 1. The molecule has 5 heteroatoms. The number of likely N-dealkylation sites (N-methyl/N-ethyl adjacent to an activating group) is 1. The Labute approximate surface area is 112 Å². The van der Waals surface area contributed by atoms with Gasteiger partial charge in [-0.15, -0.1) is 0 Å². The molecule has 0 spiro atoms. The van der Waals surface area contributed by atoms with Crippen molar-refractivity contribution in [1.82, 2.24) is 14.7 Å². The lowest BCUT2D eigenvalue weighted by molar-refractivity contribution is -0.129. The van der Waals surface area contributed by atoms with E-state index in [0.717, 1.165) is 11.1 Å². The van der Waals surface area contributed by atoms with Crippen LogP contribution in [-0.4, -0.2) is 27.6 Å². The first-order chi connectivity index (χ1) is 9.04. The molecule has 0 aliphatic carbocycles. The van der Waals surface area contributed by atoms with Gasteiger partial charge in [0, 0.05) is 38.1 Å². The number of amides is 1. The third kappa shape index (κ3) is 3.58. The molecule has 0 bridgehead atoms. The fourth-order valence-electron chi connectivity index (χ4n) is 1.93. The Kier molecular flexibility index (Phi) is 3.85. The van der Waals surface area contributed by atoms with E-state index >= 15 is 0 Å². The summed E-state index contributed by atoms with van der Waals surface area (Å²) >= 11 is 0. The van der Waals surface area contributed by atoms with Crippen LogP contribution in [0.2, 0.25) is 0 Å². The number of benzene rings is 1. The molecule has 0 aliphatic rings. The highest BCUT2D eigenvalue weighted by molar-refractivity contribution is 5.78. The Balaban J connectivity index is 1.96. The quantitative estimate of drug-likeness (QED) is 0.838. The van der Waals surface area contributed by atoms with Crippen molar-refractivity contribution in [2.45, 2.75) is 13.0 Å². The summed E-state index contributed by atoms with van der Waals surface area (Å²) < 4.78 is 1.73. The van der Waals surface area contributed by atoms with Gasteiger partial charge in [-0.25, -0.2) is 0 Å². The van der Waals surface area contributed by atoms with Crippen LogP contribution in [0.25, 0.3) is 0 Å². The third-order valence-electron chi connectivity index (χ3n) is 2.91. The molecule has 19 heavy (non-hydrogen) atoms. The van der Waals surface area contributed by atoms with Crippen LogP contribution in [0.4, 0.5) is 5.69 Å². The SMILES string of the molecule is CN(Cc1cnn(C)c1)C(=O)Cc1cccc(N)c1. The summed E-state index contributed by atoms with van der Waals surface area (Å²) in [7, 11) is 3.65. The lowest BCUT2D eigenvalue weighted by Crippen LogP contribution is -2.27. The van der Waals surface area contributed by atoms with Crippen LogP contribution in [-0.2, 0) is 24.8 Å². The number of rotatable bonds is 4. The minimum absolute atomic E-state index is 0.0643. The van der Waals surface area contributed by atoms with Crippen molar-refractivity contribution >= 4 is 11.6 Å². The fraction of sp³-hybridized carbons (Fsp3) is 0.286. The normalized spacial score (nSPS) is 10.4. The van der Waals surface area contributed by atoms with Gasteiger partial charge < -0.3 is 10.6 Å². The number of carbonyl (C=O) groups is 1. The molecule has 5 nitrogen and oxygen atoms in total. The molecule has 1 heterocycles. The summed E-state index contributed by atoms with van der Waals surface area (Å²) in [5.41, 5.74) is 8.33. The van der Waals surface area contributed by atoms with Crippen molar-refractivity contribution in [2.24, 2.45) is 7.05 Å². The van der Waals surface area contributed by atoms with Crippen LogP contribution in [0.3, 0.4) is 0 Å². The number of nitrogen functional groups attached to an aromatic ring is 1. The van der Waals surface area contributed by atoms with E-state index in [1.54, 1.807) is 22.8 Å². The van der Waals surface area contributed by atoms with Gasteiger partial charge in [-0.2, -0.15) is 5.10 Å². The lowest BCUT2D eigenvalue weighted by Gasteiger charge is -2.16. The zero-order chi connectivity index (χ0) is 13.8. The van der Waals surface area contributed by atoms with Crippen LogP contribution >= 0.6 is 0 Å². The molecular formula is C14H18N4O. The number of aryl methyl sites for hydroxylation is 1. The molecule has 2 aromatic rings. The van der Waals surface area contributed by atoms with E-state index in [-0.39, 0.29) is 5.91 Å². The number of nitrogens with zero attached hydrogens (tertiary/aromatic N) is 3. The molecule has 0 unspecified atom stereocenters. The highest BCUT2D eigenvalue weighted by atomic mass is 16.2. The average molecular weight is 258 g/mol. The molecule has 0 fully saturated rings. The maximum Gasteiger partial charge on any atom is 0.227 e. The molecule has 0 saturated heterocycles. The maximum absolute atomic E-state index is 12.1. The second-order valence-corrected chi connectivity index (χ2v) is 4.69. The van der Waals surface area contributed by atoms with Gasteiger partial charge in [0.25, 0.3) is 0 Å². The first-order valence-electron chi connectivity index (χ1n) is 6.10. The topological polar surface area (TPSA) is 64.2 Å². The first-order valence-corrected chi connectivity index (χ1v) is 6.10. The smallest absolute Gasteiger partial charge is 0.227 e. The second-order valence-electron chi connectivity index (χ2n) is 4.69. The monoisotopic (exact) mass is 258 g/mol. The van der Waals surface area contributed by atoms with Crippen LogP contribution < -0.4 is 5.73 Å². The number of aromatic nitrogens is 2. The number of hydrogen-bond donors (Lipinski definition) is 1. The molecule has 0 aliphatic heterocycles. The summed E-state index contributed by atoms with van der Waals surface area (Å²) in [4.78, 5) is 13.8. The molecule has 2 N–H and O–H groups in total. The fourth-order valence-corrected chi connectivity index (χ4v) is 1.93. The van der Waals surface area contributed by atoms with Gasteiger partial charge >= 0.3 is 0 Å². The highest BCUT2D eigenvalue weighted by Gasteiger charge is 2.11. The average Bonchev–Trinajstić information content (AvgIpc) is 2.74. The minimum Gasteiger partial charge on any atom is -0.399 e. The van der Waals surface area contributed by atoms with Gasteiger partial charge in [-0.05, 0) is 17.7 Å². The number of anilines is 1. The molecule has 100 valence electrons. The number of carbonyl (C=O) groups excluding carboxylic acids is 1. The highest BCUT2D eigenvalue weighted by Crippen LogP contribution is 2.09. The van der Waals surface area contributed by atoms with Gasteiger partial charge in [-0.1, -0.05) is 12.1 Å². The summed E-state index contributed by atoms with van der Waals surface area (Å²) in [6.45, 7) is 0.564. The van der Waals surface area contributed by atoms with E-state index in [9.17, 15) is 4.79 Å². The van der Waals surface area contributed by atoms with Gasteiger partial charge in [0.1, 0.15) is 0 Å². The zero-order valence-corrected chi connectivity index (χ0v) is 11.2. The van der Waals surface area contributed by atoms with Gasteiger partial charge in [0.15, 0.2) is 0 Å². The van der Waals surface area contributed by atoms with E-state index in [2.05, 4.69) is 5.10 Å². The van der Waals surface area contributed by atoms with Gasteiger partial charge in [-0.3, -0.25) is 9.48 Å². The van der Waals surface area contributed by atoms with Gasteiger partial charge in [0.2, 0.25) is 5.91 Å². The van der Waals surface area contributed by atoms with Crippen molar-refractivity contribution in [1.29, 1.82) is 0 Å². The van der Waals surface area contributed by atoms with Crippen molar-refractivity contribution in [2.75, 3.05) is 12.8 Å². The molecule has 1 aromatic carbocycles. The predicted molar refractivity (Wildman–Crippen MR) is 74.2 cm³/mol. The molecular weight excluding hydrogens is 240 g/mol. The van der Waals surface area contributed by atoms with Crippen LogP contribution in [0.5, 0.6) is 0 Å². The Morgan fingerprint density at radius 3 is 2.84 bits per heavy atom. The molecule has 0 saturated carbocycles. The lowest BCUT2D eigenvalue weighted by atomic mass is 10.1. The Morgan fingerprint density at radius 2 is 2.21 bits per heavy atom.